The molecule has 0 aromatic heterocycles. The minimum Gasteiger partial charge on any atom is -0.345 e. The van der Waals surface area contributed by atoms with E-state index in [1.54, 1.807) is 0 Å². The van der Waals surface area contributed by atoms with Crippen LogP contribution in [0.3, 0.4) is 0 Å². The van der Waals surface area contributed by atoms with Gasteiger partial charge in [-0.25, -0.2) is 0 Å². The fourth-order valence-corrected chi connectivity index (χ4v) is 3.00. The molecule has 0 amide bonds. The van der Waals surface area contributed by atoms with Gasteiger partial charge in [0.2, 0.25) is 0 Å². The zero-order valence-electron chi connectivity index (χ0n) is 12.3. The van der Waals surface area contributed by atoms with E-state index in [2.05, 4.69) is 36.5 Å². The Morgan fingerprint density at radius 1 is 1.15 bits per heavy atom. The van der Waals surface area contributed by atoms with E-state index in [-0.39, 0.29) is 24.5 Å². The number of fused-ring (bicyclic) bond motifs is 1. The zero-order valence-corrected chi connectivity index (χ0v) is 12.3. The molecule has 4 atom stereocenters. The van der Waals surface area contributed by atoms with Gasteiger partial charge in [-0.2, -0.15) is 0 Å². The first kappa shape index (κ1) is 14.0. The van der Waals surface area contributed by atoms with Crippen LogP contribution < -0.4 is 5.32 Å². The zero-order chi connectivity index (χ0) is 14.2. The highest BCUT2D eigenvalue weighted by Gasteiger charge is 2.53. The third kappa shape index (κ3) is 2.74. The van der Waals surface area contributed by atoms with Crippen LogP contribution in [0.1, 0.15) is 32.8 Å². The molecule has 0 bridgehead atoms. The minimum absolute atomic E-state index is 0.0290. The maximum atomic E-state index is 6.00. The lowest BCUT2D eigenvalue weighted by atomic mass is 10.0. The van der Waals surface area contributed by atoms with E-state index in [0.29, 0.717) is 0 Å². The third-order valence-corrected chi connectivity index (χ3v) is 3.94. The highest BCUT2D eigenvalue weighted by Crippen LogP contribution is 2.38. The van der Waals surface area contributed by atoms with Crippen LogP contribution in [0.25, 0.3) is 0 Å². The Labute approximate surface area is 120 Å². The molecule has 2 heterocycles. The fraction of sp³-hybridized carbons (Fsp3) is 0.625. The lowest BCUT2D eigenvalue weighted by Gasteiger charge is -2.26. The molecule has 0 spiro atoms. The smallest absolute Gasteiger partial charge is 0.189 e. The lowest BCUT2D eigenvalue weighted by molar-refractivity contribution is -0.207. The van der Waals surface area contributed by atoms with Crippen molar-refractivity contribution in [2.24, 2.45) is 0 Å². The van der Waals surface area contributed by atoms with Crippen molar-refractivity contribution in [2.75, 3.05) is 0 Å². The molecule has 4 nitrogen and oxygen atoms in total. The maximum Gasteiger partial charge on any atom is 0.189 e. The van der Waals surface area contributed by atoms with Crippen LogP contribution in [0, 0.1) is 0 Å². The second kappa shape index (κ2) is 5.45. The first-order valence-corrected chi connectivity index (χ1v) is 7.37. The van der Waals surface area contributed by atoms with Crippen molar-refractivity contribution in [2.45, 2.75) is 64.1 Å². The summed E-state index contributed by atoms with van der Waals surface area (Å²) in [4.78, 5) is 0. The van der Waals surface area contributed by atoms with Crippen molar-refractivity contribution >= 4 is 0 Å². The second-order valence-electron chi connectivity index (χ2n) is 5.94. The molecule has 2 aliphatic heterocycles. The van der Waals surface area contributed by atoms with Gasteiger partial charge in [0.1, 0.15) is 6.10 Å². The van der Waals surface area contributed by atoms with Crippen LogP contribution in [-0.2, 0) is 20.8 Å². The molecule has 1 aromatic rings. The van der Waals surface area contributed by atoms with Gasteiger partial charge in [0.05, 0.1) is 12.1 Å². The average Bonchev–Trinajstić information content (AvgIpc) is 2.89. The summed E-state index contributed by atoms with van der Waals surface area (Å²) in [6, 6.07) is 10.6. The summed E-state index contributed by atoms with van der Waals surface area (Å²) >= 11 is 0. The summed E-state index contributed by atoms with van der Waals surface area (Å²) < 4.78 is 17.8. The van der Waals surface area contributed by atoms with Crippen LogP contribution in [-0.4, -0.2) is 30.3 Å². The van der Waals surface area contributed by atoms with Crippen LogP contribution >= 0.6 is 0 Å². The summed E-state index contributed by atoms with van der Waals surface area (Å²) in [5.74, 6) is -0.555. The summed E-state index contributed by atoms with van der Waals surface area (Å²) in [7, 11) is 0. The van der Waals surface area contributed by atoms with Crippen molar-refractivity contribution in [3.8, 4) is 0 Å². The number of benzene rings is 1. The Morgan fingerprint density at radius 3 is 2.60 bits per heavy atom. The Balaban J connectivity index is 1.67. The van der Waals surface area contributed by atoms with Gasteiger partial charge in [-0.1, -0.05) is 37.3 Å². The quantitative estimate of drug-likeness (QED) is 0.917. The Hall–Kier alpha value is -0.940. The maximum absolute atomic E-state index is 6.00. The molecule has 1 unspecified atom stereocenters. The molecular weight excluding hydrogens is 254 g/mol. The molecule has 1 aromatic carbocycles. The van der Waals surface area contributed by atoms with Gasteiger partial charge in [0.25, 0.3) is 0 Å². The van der Waals surface area contributed by atoms with Gasteiger partial charge < -0.3 is 19.5 Å². The van der Waals surface area contributed by atoms with Gasteiger partial charge in [0.15, 0.2) is 12.1 Å². The van der Waals surface area contributed by atoms with Crippen LogP contribution in [0.15, 0.2) is 30.3 Å². The molecule has 4 heteroatoms. The molecule has 2 aliphatic rings. The third-order valence-electron chi connectivity index (χ3n) is 3.94. The van der Waals surface area contributed by atoms with Gasteiger partial charge in [-0.15, -0.1) is 0 Å². The lowest BCUT2D eigenvalue weighted by Crippen LogP contribution is -2.45. The van der Waals surface area contributed by atoms with Crippen molar-refractivity contribution in [1.82, 2.24) is 5.32 Å². The standard InChI is InChI=1S/C16H23NO3/c1-4-12-13(17-10-11-8-6-5-7-9-11)14-15(18-12)20-16(2,3)19-14/h5-9,12-15,17H,4,10H2,1-3H3/t12-,13?,14+,15-/m1/s1. The monoisotopic (exact) mass is 277 g/mol. The van der Waals surface area contributed by atoms with E-state index in [9.17, 15) is 0 Å². The van der Waals surface area contributed by atoms with E-state index in [4.69, 9.17) is 14.2 Å². The minimum atomic E-state index is -0.555. The summed E-state index contributed by atoms with van der Waals surface area (Å²) in [6.45, 7) is 6.82. The van der Waals surface area contributed by atoms with Crippen LogP contribution in [0.5, 0.6) is 0 Å². The Morgan fingerprint density at radius 2 is 1.90 bits per heavy atom. The number of ether oxygens (including phenoxy) is 3. The molecule has 0 radical (unpaired) electrons. The first-order valence-electron chi connectivity index (χ1n) is 7.37. The normalized spacial score (nSPS) is 35.1. The topological polar surface area (TPSA) is 39.7 Å². The first-order chi connectivity index (χ1) is 9.59. The highest BCUT2D eigenvalue weighted by atomic mass is 16.8. The Bertz CT molecular complexity index is 448. The molecule has 0 aliphatic carbocycles. The van der Waals surface area contributed by atoms with E-state index in [1.165, 1.54) is 5.56 Å². The highest BCUT2D eigenvalue weighted by molar-refractivity contribution is 5.14. The number of rotatable bonds is 4. The average molecular weight is 277 g/mol. The van der Waals surface area contributed by atoms with E-state index in [1.807, 2.05) is 19.9 Å². The predicted octanol–water partition coefficient (Wildman–Crippen LogP) is 2.43. The van der Waals surface area contributed by atoms with E-state index < -0.39 is 5.79 Å². The Kier molecular flexibility index (Phi) is 3.82. The van der Waals surface area contributed by atoms with Gasteiger partial charge in [-0.05, 0) is 25.8 Å². The molecule has 0 saturated carbocycles. The van der Waals surface area contributed by atoms with E-state index in [0.717, 1.165) is 13.0 Å². The van der Waals surface area contributed by atoms with Crippen LogP contribution in [0.2, 0.25) is 0 Å². The molecule has 20 heavy (non-hydrogen) atoms. The summed E-state index contributed by atoms with van der Waals surface area (Å²) in [6.07, 6.45) is 0.818. The number of hydrogen-bond acceptors (Lipinski definition) is 4. The molecular formula is C16H23NO3. The van der Waals surface area contributed by atoms with Gasteiger partial charge in [-0.3, -0.25) is 0 Å². The van der Waals surface area contributed by atoms with Crippen molar-refractivity contribution in [3.05, 3.63) is 35.9 Å². The number of hydrogen-bond donors (Lipinski definition) is 1. The fourth-order valence-electron chi connectivity index (χ4n) is 3.00. The van der Waals surface area contributed by atoms with Crippen molar-refractivity contribution in [3.63, 3.8) is 0 Å². The summed E-state index contributed by atoms with van der Waals surface area (Å²) in [5, 5.41) is 3.58. The second-order valence-corrected chi connectivity index (χ2v) is 5.94. The molecule has 1 N–H and O–H groups in total. The van der Waals surface area contributed by atoms with Gasteiger partial charge in [0, 0.05) is 6.54 Å². The van der Waals surface area contributed by atoms with Crippen molar-refractivity contribution in [1.29, 1.82) is 0 Å². The number of nitrogens with one attached hydrogen (secondary N) is 1. The predicted molar refractivity (Wildman–Crippen MR) is 76.1 cm³/mol. The van der Waals surface area contributed by atoms with Crippen molar-refractivity contribution < 1.29 is 14.2 Å². The molecule has 2 fully saturated rings. The molecule has 2 saturated heterocycles. The molecule has 3 rings (SSSR count). The largest absolute Gasteiger partial charge is 0.345 e. The van der Waals surface area contributed by atoms with Gasteiger partial charge >= 0.3 is 0 Å². The SMILES string of the molecule is CC[C@H]1O[C@@H]2OC(C)(C)O[C@H]2C1NCc1ccccc1. The van der Waals surface area contributed by atoms with E-state index >= 15 is 0 Å². The van der Waals surface area contributed by atoms with Crippen LogP contribution in [0.4, 0.5) is 0 Å². The summed E-state index contributed by atoms with van der Waals surface area (Å²) in [5.41, 5.74) is 1.27. The molecule has 110 valence electrons.